The monoisotopic (exact) mass is 415 g/mol. The molecule has 0 saturated carbocycles. The van der Waals surface area contributed by atoms with Crippen molar-refractivity contribution < 1.29 is 19.4 Å². The zero-order chi connectivity index (χ0) is 20.5. The van der Waals surface area contributed by atoms with Crippen molar-refractivity contribution in [1.29, 1.82) is 0 Å². The minimum absolute atomic E-state index is 0.0179. The standard InChI is InChI=1S/C21H25N3O4S/c1-12-9-19(29-23-12)22-20(26)14-5-7-24(8-6-14)10-18(25)15-3-4-16-17(13(15)2)11-28-21(16)27/h3-4,9,14,18,25H,5-8,10-11H2,1-2H3,(H,22,26)/t18-/m0/s1. The van der Waals surface area contributed by atoms with Crippen LogP contribution in [0.25, 0.3) is 0 Å². The molecule has 2 aliphatic rings. The number of ether oxygens (including phenoxy) is 1. The number of esters is 1. The number of likely N-dealkylation sites (tertiary alicyclic amines) is 1. The van der Waals surface area contributed by atoms with Crippen molar-refractivity contribution in [2.45, 2.75) is 39.4 Å². The van der Waals surface area contributed by atoms with Gasteiger partial charge in [0, 0.05) is 18.0 Å². The lowest BCUT2D eigenvalue weighted by Gasteiger charge is -2.32. The van der Waals surface area contributed by atoms with Crippen LogP contribution in [0.5, 0.6) is 0 Å². The first-order valence-electron chi connectivity index (χ1n) is 9.86. The highest BCUT2D eigenvalue weighted by atomic mass is 32.1. The minimum Gasteiger partial charge on any atom is -0.457 e. The number of aryl methyl sites for hydroxylation is 1. The number of aliphatic hydroxyl groups is 1. The Hall–Kier alpha value is -2.29. The first-order valence-corrected chi connectivity index (χ1v) is 10.6. The molecular weight excluding hydrogens is 390 g/mol. The van der Waals surface area contributed by atoms with E-state index in [0.717, 1.165) is 53.3 Å². The molecule has 2 N–H and O–H groups in total. The molecule has 1 aromatic heterocycles. The lowest BCUT2D eigenvalue weighted by atomic mass is 9.93. The molecule has 154 valence electrons. The predicted octanol–water partition coefficient (Wildman–Crippen LogP) is 2.81. The number of β-amino-alcohol motifs (C(OH)–C–C–N with tert-alkyl or cyclic N) is 1. The Morgan fingerprint density at radius 3 is 2.83 bits per heavy atom. The second kappa shape index (κ2) is 8.22. The average Bonchev–Trinajstić information content (AvgIpc) is 3.28. The summed E-state index contributed by atoms with van der Waals surface area (Å²) in [5.74, 6) is -0.262. The van der Waals surface area contributed by atoms with Gasteiger partial charge in [0.2, 0.25) is 5.91 Å². The van der Waals surface area contributed by atoms with Gasteiger partial charge in [-0.25, -0.2) is 4.79 Å². The molecule has 1 aromatic carbocycles. The van der Waals surface area contributed by atoms with Crippen molar-refractivity contribution in [3.8, 4) is 0 Å². The SMILES string of the molecule is Cc1cc(NC(=O)C2CCN(C[C@H](O)c3ccc4c(c3C)COC4=O)CC2)sn1. The lowest BCUT2D eigenvalue weighted by molar-refractivity contribution is -0.121. The smallest absolute Gasteiger partial charge is 0.338 e. The molecule has 4 rings (SSSR count). The summed E-state index contributed by atoms with van der Waals surface area (Å²) in [7, 11) is 0. The summed E-state index contributed by atoms with van der Waals surface area (Å²) in [5, 5.41) is 14.5. The summed E-state index contributed by atoms with van der Waals surface area (Å²) in [6.07, 6.45) is 0.894. The Kier molecular flexibility index (Phi) is 5.67. The van der Waals surface area contributed by atoms with Crippen LogP contribution in [-0.2, 0) is 16.1 Å². The lowest BCUT2D eigenvalue weighted by Crippen LogP contribution is -2.40. The minimum atomic E-state index is -0.637. The van der Waals surface area contributed by atoms with E-state index < -0.39 is 6.10 Å². The van der Waals surface area contributed by atoms with Gasteiger partial charge in [0.15, 0.2) is 0 Å². The predicted molar refractivity (Wildman–Crippen MR) is 110 cm³/mol. The topological polar surface area (TPSA) is 91.8 Å². The molecule has 7 nitrogen and oxygen atoms in total. The van der Waals surface area contributed by atoms with Gasteiger partial charge in [-0.05, 0) is 74.6 Å². The number of amides is 1. The Labute approximate surface area is 173 Å². The van der Waals surface area contributed by atoms with Gasteiger partial charge in [-0.2, -0.15) is 4.37 Å². The van der Waals surface area contributed by atoms with Crippen molar-refractivity contribution in [1.82, 2.24) is 9.27 Å². The van der Waals surface area contributed by atoms with E-state index in [-0.39, 0.29) is 24.4 Å². The van der Waals surface area contributed by atoms with Gasteiger partial charge < -0.3 is 20.1 Å². The molecule has 8 heteroatoms. The summed E-state index contributed by atoms with van der Waals surface area (Å²) in [6, 6.07) is 5.45. The van der Waals surface area contributed by atoms with Crippen LogP contribution in [0.15, 0.2) is 18.2 Å². The van der Waals surface area contributed by atoms with E-state index in [4.69, 9.17) is 4.74 Å². The maximum absolute atomic E-state index is 12.5. The van der Waals surface area contributed by atoms with Gasteiger partial charge in [0.25, 0.3) is 0 Å². The second-order valence-corrected chi connectivity index (χ2v) is 8.60. The molecule has 2 aromatic rings. The number of anilines is 1. The Balaban J connectivity index is 1.32. The van der Waals surface area contributed by atoms with E-state index in [1.807, 2.05) is 26.0 Å². The van der Waals surface area contributed by atoms with Crippen LogP contribution in [-0.4, -0.2) is 45.9 Å². The quantitative estimate of drug-likeness (QED) is 0.730. The largest absolute Gasteiger partial charge is 0.457 e. The molecule has 0 radical (unpaired) electrons. The number of nitrogens with zero attached hydrogens (tertiary/aromatic N) is 2. The van der Waals surface area contributed by atoms with E-state index in [2.05, 4.69) is 14.6 Å². The fourth-order valence-electron chi connectivity index (χ4n) is 4.10. The van der Waals surface area contributed by atoms with Gasteiger partial charge in [0.05, 0.1) is 17.4 Å². The van der Waals surface area contributed by atoms with E-state index in [1.54, 1.807) is 6.07 Å². The maximum Gasteiger partial charge on any atom is 0.338 e. The summed E-state index contributed by atoms with van der Waals surface area (Å²) in [4.78, 5) is 26.4. The van der Waals surface area contributed by atoms with Crippen molar-refractivity contribution >= 4 is 28.4 Å². The first kappa shape index (κ1) is 20.0. The van der Waals surface area contributed by atoms with Crippen LogP contribution in [0.4, 0.5) is 5.00 Å². The molecule has 0 unspecified atom stereocenters. The van der Waals surface area contributed by atoms with E-state index in [0.29, 0.717) is 12.1 Å². The molecule has 3 heterocycles. The first-order chi connectivity index (χ1) is 13.9. The zero-order valence-corrected chi connectivity index (χ0v) is 17.4. The fourth-order valence-corrected chi connectivity index (χ4v) is 4.76. The normalized spacial score (nSPS) is 18.4. The number of fused-ring (bicyclic) bond motifs is 1. The van der Waals surface area contributed by atoms with Crippen LogP contribution < -0.4 is 5.32 Å². The van der Waals surface area contributed by atoms with E-state index >= 15 is 0 Å². The van der Waals surface area contributed by atoms with Crippen LogP contribution >= 0.6 is 11.5 Å². The molecular formula is C21H25N3O4S. The number of aromatic nitrogens is 1. The van der Waals surface area contributed by atoms with Crippen molar-refractivity contribution in [2.75, 3.05) is 25.0 Å². The number of hydrogen-bond donors (Lipinski definition) is 2. The third-order valence-electron chi connectivity index (χ3n) is 5.83. The van der Waals surface area contributed by atoms with E-state index in [1.165, 1.54) is 11.5 Å². The molecule has 2 aliphatic heterocycles. The number of carbonyl (C=O) groups excluding carboxylic acids is 2. The Morgan fingerprint density at radius 2 is 2.14 bits per heavy atom. The Bertz CT molecular complexity index is 934. The van der Waals surface area contributed by atoms with Gasteiger partial charge in [-0.3, -0.25) is 4.79 Å². The molecule has 1 saturated heterocycles. The van der Waals surface area contributed by atoms with Crippen molar-refractivity contribution in [3.63, 3.8) is 0 Å². The summed E-state index contributed by atoms with van der Waals surface area (Å²) in [5.41, 5.74) is 4.14. The third kappa shape index (κ3) is 4.19. The number of rotatable bonds is 5. The summed E-state index contributed by atoms with van der Waals surface area (Å²) < 4.78 is 9.28. The number of carbonyl (C=O) groups is 2. The zero-order valence-electron chi connectivity index (χ0n) is 16.6. The van der Waals surface area contributed by atoms with Crippen LogP contribution in [0.3, 0.4) is 0 Å². The van der Waals surface area contributed by atoms with Gasteiger partial charge in [-0.15, -0.1) is 0 Å². The number of benzene rings is 1. The highest BCUT2D eigenvalue weighted by molar-refractivity contribution is 7.10. The molecule has 1 fully saturated rings. The highest BCUT2D eigenvalue weighted by Crippen LogP contribution is 2.30. The molecule has 1 atom stereocenters. The number of hydrogen-bond acceptors (Lipinski definition) is 7. The summed E-state index contributed by atoms with van der Waals surface area (Å²) >= 11 is 1.30. The van der Waals surface area contributed by atoms with Gasteiger partial charge >= 0.3 is 5.97 Å². The van der Waals surface area contributed by atoms with Crippen LogP contribution in [0, 0.1) is 19.8 Å². The maximum atomic E-state index is 12.5. The number of cyclic esters (lactones) is 1. The fraction of sp³-hybridized carbons (Fsp3) is 0.476. The highest BCUT2D eigenvalue weighted by Gasteiger charge is 2.29. The summed E-state index contributed by atoms with van der Waals surface area (Å²) in [6.45, 7) is 6.16. The Morgan fingerprint density at radius 1 is 1.38 bits per heavy atom. The van der Waals surface area contributed by atoms with E-state index in [9.17, 15) is 14.7 Å². The molecule has 29 heavy (non-hydrogen) atoms. The molecule has 1 amide bonds. The van der Waals surface area contributed by atoms with Crippen molar-refractivity contribution in [3.05, 3.63) is 46.1 Å². The van der Waals surface area contributed by atoms with Gasteiger partial charge in [0.1, 0.15) is 11.6 Å². The number of piperidine rings is 1. The van der Waals surface area contributed by atoms with Gasteiger partial charge in [-0.1, -0.05) is 6.07 Å². The molecule has 0 spiro atoms. The van der Waals surface area contributed by atoms with Crippen molar-refractivity contribution in [2.24, 2.45) is 5.92 Å². The second-order valence-electron chi connectivity index (χ2n) is 7.79. The molecule has 0 bridgehead atoms. The number of nitrogens with one attached hydrogen (secondary N) is 1. The average molecular weight is 416 g/mol. The molecule has 0 aliphatic carbocycles. The van der Waals surface area contributed by atoms with Crippen LogP contribution in [0.1, 0.15) is 51.7 Å². The number of aliphatic hydroxyl groups excluding tert-OH is 1. The third-order valence-corrected chi connectivity index (χ3v) is 6.63. The van der Waals surface area contributed by atoms with Crippen LogP contribution in [0.2, 0.25) is 0 Å².